The maximum atomic E-state index is 6.97. The van der Waals surface area contributed by atoms with Crippen LogP contribution in [0.5, 0.6) is 11.5 Å². The Labute approximate surface area is 454 Å². The average Bonchev–Trinajstić information content (AvgIpc) is 4.14. The van der Waals surface area contributed by atoms with Gasteiger partial charge >= 0.3 is 0 Å². The van der Waals surface area contributed by atoms with Crippen molar-refractivity contribution in [2.24, 2.45) is 0 Å². The van der Waals surface area contributed by atoms with E-state index in [1.807, 2.05) is 6.20 Å². The predicted molar refractivity (Wildman–Crippen MR) is 322 cm³/mol. The molecule has 0 spiro atoms. The van der Waals surface area contributed by atoms with E-state index in [2.05, 4.69) is 300 Å². The molecule has 2 aromatic heterocycles. The Hall–Kier alpha value is -8.67. The van der Waals surface area contributed by atoms with Crippen LogP contribution in [0.4, 0.5) is 22.7 Å². The van der Waals surface area contributed by atoms with Crippen molar-refractivity contribution < 1.29 is 4.74 Å². The van der Waals surface area contributed by atoms with E-state index >= 15 is 0 Å². The van der Waals surface area contributed by atoms with Crippen molar-refractivity contribution in [1.82, 2.24) is 9.55 Å². The quantitative estimate of drug-likeness (QED) is 0.115. The lowest BCUT2D eigenvalue weighted by Crippen LogP contribution is -2.28. The van der Waals surface area contributed by atoms with Gasteiger partial charge in [0.2, 0.25) is 0 Å². The lowest BCUT2D eigenvalue weighted by Gasteiger charge is -2.37. The Morgan fingerprint density at radius 1 is 0.416 bits per heavy atom. The number of para-hydroxylation sites is 1. The monoisotopic (exact) mass is 1000 g/mol. The summed E-state index contributed by atoms with van der Waals surface area (Å²) in [6.45, 7) is 19.3. The molecule has 1 aliphatic rings. The molecule has 0 aliphatic carbocycles. The number of rotatable bonds is 13. The Balaban J connectivity index is 1.03. The maximum Gasteiger partial charge on any atom is 0.137 e. The first-order valence-corrected chi connectivity index (χ1v) is 27.1. The summed E-state index contributed by atoms with van der Waals surface area (Å²) in [6.07, 6.45) is 1.93. The molecule has 9 aromatic carbocycles. The molecule has 5 heteroatoms. The normalized spacial score (nSPS) is 12.9. The number of hydrogen-bond donors (Lipinski definition) is 0. The minimum atomic E-state index is -0.353. The number of nitrogens with zero attached hydrogens (tertiary/aromatic N) is 4. The Morgan fingerprint density at radius 3 is 1.58 bits per heavy atom. The second-order valence-electron chi connectivity index (χ2n) is 22.7. The summed E-state index contributed by atoms with van der Waals surface area (Å²) in [5.41, 5.74) is 16.9. The van der Waals surface area contributed by atoms with Gasteiger partial charge in [-0.3, -0.25) is 4.57 Å². The Kier molecular flexibility index (Phi) is 12.4. The molecule has 12 rings (SSSR count). The van der Waals surface area contributed by atoms with Crippen LogP contribution >= 0.6 is 0 Å². The highest BCUT2D eigenvalue weighted by Crippen LogP contribution is 2.53. The number of hydrogen-bond acceptors (Lipinski definition) is 4. The number of fused-ring (bicyclic) bond motifs is 4. The minimum Gasteiger partial charge on any atom is -0.457 e. The van der Waals surface area contributed by atoms with E-state index in [1.165, 1.54) is 55.5 Å². The van der Waals surface area contributed by atoms with Crippen LogP contribution in [0.2, 0.25) is 0 Å². The van der Waals surface area contributed by atoms with E-state index in [9.17, 15) is 0 Å². The molecule has 0 saturated heterocycles. The number of pyridine rings is 1. The highest BCUT2D eigenvalue weighted by atomic mass is 16.5. The fraction of sp³-hybridized carbons (Fsp3) is 0.181. The third kappa shape index (κ3) is 8.94. The summed E-state index contributed by atoms with van der Waals surface area (Å²) >= 11 is 0. The second kappa shape index (κ2) is 19.5. The van der Waals surface area contributed by atoms with Crippen molar-refractivity contribution >= 4 is 44.6 Å². The lowest BCUT2D eigenvalue weighted by atomic mass is 9.68. The van der Waals surface area contributed by atoms with Crippen LogP contribution in [0, 0.1) is 0 Å². The van der Waals surface area contributed by atoms with Crippen LogP contribution in [0.3, 0.4) is 0 Å². The van der Waals surface area contributed by atoms with Crippen LogP contribution in [0.25, 0.3) is 38.8 Å². The number of benzene rings is 9. The summed E-state index contributed by atoms with van der Waals surface area (Å²) in [7, 11) is 0. The largest absolute Gasteiger partial charge is 0.457 e. The first-order chi connectivity index (χ1) is 37.3. The van der Waals surface area contributed by atoms with Crippen LogP contribution in [0.15, 0.2) is 237 Å². The van der Waals surface area contributed by atoms with Gasteiger partial charge in [-0.1, -0.05) is 207 Å². The molecular weight excluding hydrogens is 937 g/mol. The number of aromatic nitrogens is 2. The molecule has 5 nitrogen and oxygen atoms in total. The van der Waals surface area contributed by atoms with Gasteiger partial charge in [0.15, 0.2) is 0 Å². The Morgan fingerprint density at radius 2 is 0.961 bits per heavy atom. The van der Waals surface area contributed by atoms with Gasteiger partial charge in [-0.15, -0.1) is 0 Å². The van der Waals surface area contributed by atoms with Crippen LogP contribution < -0.4 is 14.5 Å². The van der Waals surface area contributed by atoms with E-state index < -0.39 is 0 Å². The van der Waals surface area contributed by atoms with Crippen LogP contribution in [0.1, 0.15) is 100 Å². The zero-order chi connectivity index (χ0) is 53.1. The molecule has 0 saturated carbocycles. The number of anilines is 4. The molecule has 0 amide bonds. The summed E-state index contributed by atoms with van der Waals surface area (Å²) < 4.78 is 9.24. The fourth-order valence-electron chi connectivity index (χ4n) is 11.8. The molecule has 1 aliphatic heterocycles. The van der Waals surface area contributed by atoms with Crippen LogP contribution in [-0.4, -0.2) is 16.2 Å². The van der Waals surface area contributed by atoms with E-state index in [0.29, 0.717) is 12.6 Å². The summed E-state index contributed by atoms with van der Waals surface area (Å²) in [4.78, 5) is 9.94. The molecule has 11 aromatic rings. The van der Waals surface area contributed by atoms with E-state index in [4.69, 9.17) is 9.72 Å². The standard InChI is InChI=1S/C72H66N4O/c1-49(2)51-38-39-73-69(42-51)76-65-35-22-21-34-61(65)62-37-36-60(45-66(62)76)77-59-33-23-32-57(44-59)74-48-75(58-41-52(50-24-13-9-14-25-50)40-56(43-58)70(3,4)53-26-15-10-16-27-53)68-47-64(72(7,8)55-30-19-12-20-31-55)63(46-67(68)74)71(5,6)54-28-17-11-18-29-54/h9-47,49H,48H2,1-8H3. The van der Waals surface area contributed by atoms with Gasteiger partial charge in [-0.2, -0.15) is 0 Å². The van der Waals surface area contributed by atoms with Gasteiger partial charge in [0.25, 0.3) is 0 Å². The topological polar surface area (TPSA) is 33.5 Å². The maximum absolute atomic E-state index is 6.97. The molecule has 0 bridgehead atoms. The minimum absolute atomic E-state index is 0.287. The zero-order valence-electron chi connectivity index (χ0n) is 45.5. The highest BCUT2D eigenvalue weighted by molar-refractivity contribution is 6.09. The van der Waals surface area contributed by atoms with Gasteiger partial charge in [-0.05, 0) is 123 Å². The van der Waals surface area contributed by atoms with Gasteiger partial charge in [0.1, 0.15) is 24.0 Å². The molecule has 0 fully saturated rings. The molecule has 0 atom stereocenters. The van der Waals surface area contributed by atoms with Crippen molar-refractivity contribution in [3.8, 4) is 28.4 Å². The van der Waals surface area contributed by atoms with Gasteiger partial charge in [0, 0.05) is 56.7 Å². The van der Waals surface area contributed by atoms with E-state index in [0.717, 1.165) is 56.5 Å². The van der Waals surface area contributed by atoms with Crippen molar-refractivity contribution in [1.29, 1.82) is 0 Å². The molecule has 0 N–H and O–H groups in total. The van der Waals surface area contributed by atoms with E-state index in [1.54, 1.807) is 0 Å². The third-order valence-electron chi connectivity index (χ3n) is 16.5. The molecule has 0 radical (unpaired) electrons. The SMILES string of the molecule is CC(C)c1ccnc(-n2c3ccccc3c3ccc(Oc4cccc(N5CN(c6cc(-c7ccccc7)cc(C(C)(C)c7ccccc7)c6)c6cc(C(C)(C)c7ccccc7)c(C(C)(C)c7ccccc7)cc65)c4)cc32)c1. The van der Waals surface area contributed by atoms with Crippen molar-refractivity contribution in [2.75, 3.05) is 16.5 Å². The highest BCUT2D eigenvalue weighted by Gasteiger charge is 2.39. The van der Waals surface area contributed by atoms with Crippen molar-refractivity contribution in [3.63, 3.8) is 0 Å². The first kappa shape index (κ1) is 49.2. The molecule has 380 valence electrons. The van der Waals surface area contributed by atoms with Crippen LogP contribution in [-0.2, 0) is 16.2 Å². The third-order valence-corrected chi connectivity index (χ3v) is 16.5. The summed E-state index contributed by atoms with van der Waals surface area (Å²) in [5, 5.41) is 2.34. The molecule has 77 heavy (non-hydrogen) atoms. The van der Waals surface area contributed by atoms with Crippen molar-refractivity contribution in [2.45, 2.75) is 77.6 Å². The summed E-state index contributed by atoms with van der Waals surface area (Å²) in [5.74, 6) is 2.79. The second-order valence-corrected chi connectivity index (χ2v) is 22.7. The first-order valence-electron chi connectivity index (χ1n) is 27.1. The van der Waals surface area contributed by atoms with Gasteiger partial charge in [-0.25, -0.2) is 4.98 Å². The van der Waals surface area contributed by atoms with Gasteiger partial charge in [0.05, 0.1) is 22.4 Å². The van der Waals surface area contributed by atoms with E-state index in [-0.39, 0.29) is 16.2 Å². The Bertz CT molecular complexity index is 3930. The lowest BCUT2D eigenvalue weighted by molar-refractivity contribution is 0.483. The molecule has 0 unspecified atom stereocenters. The zero-order valence-corrected chi connectivity index (χ0v) is 45.5. The fourth-order valence-corrected chi connectivity index (χ4v) is 11.8. The van der Waals surface area contributed by atoms with Gasteiger partial charge < -0.3 is 14.5 Å². The molecular formula is C72H66N4O. The average molecular weight is 1000 g/mol. The smallest absolute Gasteiger partial charge is 0.137 e. The molecule has 3 heterocycles. The number of ether oxygens (including phenoxy) is 1. The van der Waals surface area contributed by atoms with Crippen molar-refractivity contribution in [3.05, 3.63) is 276 Å². The summed E-state index contributed by atoms with van der Waals surface area (Å²) in [6, 6.07) is 84.0. The predicted octanol–water partition coefficient (Wildman–Crippen LogP) is 19.0.